The monoisotopic (exact) mass is 580 g/mol. The number of pyridine rings is 1. The lowest BCUT2D eigenvalue weighted by atomic mass is 10.1. The number of rotatable bonds is 9. The third kappa shape index (κ3) is 6.46. The van der Waals surface area contributed by atoms with E-state index < -0.39 is 21.9 Å². The number of piperidine rings is 1. The predicted octanol–water partition coefficient (Wildman–Crippen LogP) is 5.33. The molecule has 11 nitrogen and oxygen atoms in total. The molecule has 1 amide bonds. The Labute approximate surface area is 236 Å². The summed E-state index contributed by atoms with van der Waals surface area (Å²) in [6, 6.07) is 12.5. The Bertz CT molecular complexity index is 1690. The molecule has 0 saturated carbocycles. The first kappa shape index (κ1) is 28.0. The van der Waals surface area contributed by atoms with Crippen molar-refractivity contribution >= 4 is 38.5 Å². The molecular formula is C28H29FN6O5S. The summed E-state index contributed by atoms with van der Waals surface area (Å²) in [4.78, 5) is 25.9. The number of fused-ring (bicyclic) bond motifs is 1. The highest BCUT2D eigenvalue weighted by Gasteiger charge is 2.24. The van der Waals surface area contributed by atoms with E-state index in [9.17, 15) is 18.3 Å². The van der Waals surface area contributed by atoms with Crippen molar-refractivity contribution in [2.45, 2.75) is 32.2 Å². The molecule has 0 unspecified atom stereocenters. The number of nitrogens with zero attached hydrogens (tertiary/aromatic N) is 4. The van der Waals surface area contributed by atoms with Crippen molar-refractivity contribution in [2.75, 3.05) is 28.9 Å². The van der Waals surface area contributed by atoms with Crippen molar-refractivity contribution in [3.63, 3.8) is 0 Å². The Morgan fingerprint density at radius 2 is 1.98 bits per heavy atom. The molecule has 1 saturated heterocycles. The number of sulfonamides is 1. The quantitative estimate of drug-likeness (QED) is 0.239. The lowest BCUT2D eigenvalue weighted by Gasteiger charge is -2.31. The second kappa shape index (κ2) is 11.9. The minimum Gasteiger partial charge on any atom is -0.465 e. The Balaban J connectivity index is 1.45. The van der Waals surface area contributed by atoms with Crippen LogP contribution >= 0.6 is 0 Å². The maximum absolute atomic E-state index is 15.2. The van der Waals surface area contributed by atoms with Crippen molar-refractivity contribution < 1.29 is 27.4 Å². The molecule has 1 atom stereocenters. The van der Waals surface area contributed by atoms with Crippen LogP contribution in [0.15, 0.2) is 60.9 Å². The van der Waals surface area contributed by atoms with Gasteiger partial charge >= 0.3 is 6.09 Å². The first-order valence-electron chi connectivity index (χ1n) is 13.2. The molecule has 41 heavy (non-hydrogen) atoms. The molecule has 1 fully saturated rings. The molecule has 2 aromatic heterocycles. The smallest absolute Gasteiger partial charge is 0.407 e. The van der Waals surface area contributed by atoms with Crippen LogP contribution in [0.25, 0.3) is 22.0 Å². The van der Waals surface area contributed by atoms with Crippen molar-refractivity contribution in [3.05, 3.63) is 66.7 Å². The fourth-order valence-corrected chi connectivity index (χ4v) is 5.93. The van der Waals surface area contributed by atoms with Gasteiger partial charge in [-0.1, -0.05) is 19.1 Å². The van der Waals surface area contributed by atoms with Crippen molar-refractivity contribution in [1.82, 2.24) is 19.9 Å². The summed E-state index contributed by atoms with van der Waals surface area (Å²) in [5.74, 6) is -0.389. The molecule has 0 aliphatic carbocycles. The average Bonchev–Trinajstić information content (AvgIpc) is 2.95. The third-order valence-electron chi connectivity index (χ3n) is 6.63. The Hall–Kier alpha value is -4.52. The van der Waals surface area contributed by atoms with Gasteiger partial charge in [0, 0.05) is 42.3 Å². The van der Waals surface area contributed by atoms with E-state index >= 15 is 4.39 Å². The van der Waals surface area contributed by atoms with Gasteiger partial charge in [-0.05, 0) is 55.7 Å². The van der Waals surface area contributed by atoms with Crippen molar-refractivity contribution in [1.29, 1.82) is 0 Å². The molecule has 13 heteroatoms. The van der Waals surface area contributed by atoms with Gasteiger partial charge in [0.25, 0.3) is 0 Å². The topological polar surface area (TPSA) is 147 Å². The van der Waals surface area contributed by atoms with Crippen LogP contribution in [0.2, 0.25) is 0 Å². The summed E-state index contributed by atoms with van der Waals surface area (Å²) in [5.41, 5.74) is 1.26. The standard InChI is InChI=1S/C28H29FN6O5S/c1-2-16-41(38,39)34-24-9-3-7-20-19(24)10-11-22(29)25(20)40-26-21(8-4-13-30-26)23-12-14-31-27(33-23)32-18-6-5-15-35(17-18)28(36)37/h3-4,7-14,18,34H,2,5-6,15-17H2,1H3,(H,36,37)(H,31,32,33)/t18-/m0/s1. The Kier molecular flexibility index (Phi) is 8.15. The highest BCUT2D eigenvalue weighted by atomic mass is 32.2. The van der Waals surface area contributed by atoms with Gasteiger partial charge in [-0.3, -0.25) is 4.72 Å². The van der Waals surface area contributed by atoms with E-state index in [0.29, 0.717) is 53.2 Å². The number of benzene rings is 2. The van der Waals surface area contributed by atoms with Gasteiger partial charge in [0.15, 0.2) is 11.6 Å². The van der Waals surface area contributed by atoms with Crippen LogP contribution in [0.3, 0.4) is 0 Å². The Morgan fingerprint density at radius 1 is 1.12 bits per heavy atom. The molecule has 0 radical (unpaired) electrons. The van der Waals surface area contributed by atoms with Crippen LogP contribution in [-0.4, -0.2) is 64.4 Å². The van der Waals surface area contributed by atoms with E-state index in [1.165, 1.54) is 23.2 Å². The minimum atomic E-state index is -3.57. The summed E-state index contributed by atoms with van der Waals surface area (Å²) in [7, 11) is -3.57. The van der Waals surface area contributed by atoms with Crippen molar-refractivity contribution in [2.24, 2.45) is 0 Å². The number of ether oxygens (including phenoxy) is 1. The molecule has 3 N–H and O–H groups in total. The van der Waals surface area contributed by atoms with Crippen LogP contribution in [-0.2, 0) is 10.0 Å². The second-order valence-electron chi connectivity index (χ2n) is 9.63. The minimum absolute atomic E-state index is 0.0421. The lowest BCUT2D eigenvalue weighted by molar-refractivity contribution is 0.132. The second-order valence-corrected chi connectivity index (χ2v) is 11.5. The van der Waals surface area contributed by atoms with Crippen LogP contribution in [0.4, 0.5) is 20.8 Å². The average molecular weight is 581 g/mol. The number of hydrogen-bond donors (Lipinski definition) is 3. The number of halogens is 1. The predicted molar refractivity (Wildman–Crippen MR) is 153 cm³/mol. The molecular weight excluding hydrogens is 551 g/mol. The normalized spacial score (nSPS) is 15.5. The van der Waals surface area contributed by atoms with Crippen LogP contribution in [0.1, 0.15) is 26.2 Å². The van der Waals surface area contributed by atoms with Crippen LogP contribution < -0.4 is 14.8 Å². The summed E-state index contributed by atoms with van der Waals surface area (Å²) in [6.45, 7) is 2.58. The number of aromatic nitrogens is 3. The number of carbonyl (C=O) groups is 1. The summed E-state index contributed by atoms with van der Waals surface area (Å²) >= 11 is 0. The highest BCUT2D eigenvalue weighted by Crippen LogP contribution is 2.38. The van der Waals surface area contributed by atoms with Crippen LogP contribution in [0.5, 0.6) is 11.6 Å². The van der Waals surface area contributed by atoms with Gasteiger partial charge in [-0.15, -0.1) is 0 Å². The summed E-state index contributed by atoms with van der Waals surface area (Å²) < 4.78 is 48.6. The fourth-order valence-electron chi connectivity index (χ4n) is 4.78. The molecule has 4 aromatic rings. The first-order chi connectivity index (χ1) is 19.7. The molecule has 1 aliphatic rings. The van der Waals surface area contributed by atoms with Gasteiger partial charge in [0.05, 0.1) is 22.7 Å². The SMILES string of the molecule is CCCS(=O)(=O)Nc1cccc2c(Oc3ncccc3-c3ccnc(N[C@H]4CCCN(C(=O)O)C4)n3)c(F)ccc12. The molecule has 2 aromatic carbocycles. The van der Waals surface area contributed by atoms with E-state index in [2.05, 4.69) is 25.0 Å². The number of nitrogens with one attached hydrogen (secondary N) is 2. The van der Waals surface area contributed by atoms with Gasteiger partial charge in [0.1, 0.15) is 0 Å². The summed E-state index contributed by atoms with van der Waals surface area (Å²) in [5, 5.41) is 13.4. The maximum Gasteiger partial charge on any atom is 0.407 e. The Morgan fingerprint density at radius 3 is 2.78 bits per heavy atom. The number of hydrogen-bond acceptors (Lipinski definition) is 8. The molecule has 214 valence electrons. The lowest BCUT2D eigenvalue weighted by Crippen LogP contribution is -2.44. The van der Waals surface area contributed by atoms with Gasteiger partial charge in [0.2, 0.25) is 21.9 Å². The van der Waals surface area contributed by atoms with E-state index in [1.54, 1.807) is 49.5 Å². The molecule has 5 rings (SSSR count). The first-order valence-corrected chi connectivity index (χ1v) is 14.8. The van der Waals surface area contributed by atoms with Gasteiger partial charge < -0.3 is 20.1 Å². The van der Waals surface area contributed by atoms with E-state index in [-0.39, 0.29) is 23.4 Å². The zero-order chi connectivity index (χ0) is 29.0. The fraction of sp³-hybridized carbons (Fsp3) is 0.286. The van der Waals surface area contributed by atoms with E-state index in [4.69, 9.17) is 4.74 Å². The van der Waals surface area contributed by atoms with Gasteiger partial charge in [-0.25, -0.2) is 32.6 Å². The molecule has 1 aliphatic heterocycles. The zero-order valence-corrected chi connectivity index (χ0v) is 23.1. The van der Waals surface area contributed by atoms with E-state index in [0.717, 1.165) is 12.8 Å². The number of likely N-dealkylation sites (tertiary alicyclic amines) is 1. The van der Waals surface area contributed by atoms with Crippen LogP contribution in [0, 0.1) is 5.82 Å². The zero-order valence-electron chi connectivity index (χ0n) is 22.2. The molecule has 0 bridgehead atoms. The molecule has 0 spiro atoms. The highest BCUT2D eigenvalue weighted by molar-refractivity contribution is 7.92. The van der Waals surface area contributed by atoms with E-state index in [1.807, 2.05) is 0 Å². The third-order valence-corrected chi connectivity index (χ3v) is 8.11. The van der Waals surface area contributed by atoms with Gasteiger partial charge in [-0.2, -0.15) is 0 Å². The van der Waals surface area contributed by atoms with Crippen molar-refractivity contribution in [3.8, 4) is 22.9 Å². The largest absolute Gasteiger partial charge is 0.465 e. The number of amides is 1. The maximum atomic E-state index is 15.2. The number of anilines is 2. The molecule has 3 heterocycles. The number of carboxylic acid groups (broad SMARTS) is 1. The summed E-state index contributed by atoms with van der Waals surface area (Å²) in [6.07, 6.45) is 4.06.